The van der Waals surface area contributed by atoms with Crippen LogP contribution in [0.4, 0.5) is 0 Å². The van der Waals surface area contributed by atoms with Gasteiger partial charge in [0.25, 0.3) is 0 Å². The van der Waals surface area contributed by atoms with Crippen LogP contribution in [0.25, 0.3) is 28.2 Å². The molecule has 130 valence electrons. The molecule has 0 bridgehead atoms. The molecule has 0 aliphatic heterocycles. The van der Waals surface area contributed by atoms with Crippen LogP contribution in [0, 0.1) is 6.92 Å². The maximum absolute atomic E-state index is 11.8. The van der Waals surface area contributed by atoms with Gasteiger partial charge in [0.05, 0.1) is 17.1 Å². The molecule has 0 radical (unpaired) electrons. The highest BCUT2D eigenvalue weighted by Gasteiger charge is 2.21. The number of hydrogen-bond acceptors (Lipinski definition) is 4. The van der Waals surface area contributed by atoms with E-state index in [1.807, 2.05) is 50.2 Å². The highest BCUT2D eigenvalue weighted by molar-refractivity contribution is 5.90. The summed E-state index contributed by atoms with van der Waals surface area (Å²) in [5.41, 5.74) is 4.43. The molecule has 0 aliphatic carbocycles. The largest absolute Gasteiger partial charge is 0.477 e. The van der Waals surface area contributed by atoms with Crippen molar-refractivity contribution in [2.24, 2.45) is 0 Å². The smallest absolute Gasteiger partial charge is 0.354 e. The average Bonchev–Trinajstić information content (AvgIpc) is 3.24. The molecule has 0 saturated heterocycles. The summed E-state index contributed by atoms with van der Waals surface area (Å²) >= 11 is 0. The molecule has 1 aromatic carbocycles. The summed E-state index contributed by atoms with van der Waals surface area (Å²) in [7, 11) is 0. The molecule has 3 heterocycles. The molecule has 0 amide bonds. The van der Waals surface area contributed by atoms with Crippen LogP contribution in [0.1, 0.15) is 23.1 Å². The van der Waals surface area contributed by atoms with Gasteiger partial charge in [-0.25, -0.2) is 14.3 Å². The van der Waals surface area contributed by atoms with Gasteiger partial charge < -0.3 is 5.11 Å². The Morgan fingerprint density at radius 1 is 1.19 bits per heavy atom. The van der Waals surface area contributed by atoms with Crippen molar-refractivity contribution >= 4 is 11.6 Å². The van der Waals surface area contributed by atoms with Gasteiger partial charge in [0.1, 0.15) is 0 Å². The molecular weight excluding hydrogens is 330 g/mol. The van der Waals surface area contributed by atoms with Crippen LogP contribution < -0.4 is 0 Å². The number of carbonyl (C=O) groups is 1. The number of carboxylic acid groups (broad SMARTS) is 1. The van der Waals surface area contributed by atoms with Crippen LogP contribution in [-0.4, -0.2) is 35.5 Å². The average molecular weight is 347 g/mol. The van der Waals surface area contributed by atoms with E-state index < -0.39 is 5.97 Å². The lowest BCUT2D eigenvalue weighted by Gasteiger charge is -2.08. The van der Waals surface area contributed by atoms with Gasteiger partial charge in [0, 0.05) is 18.3 Å². The first-order chi connectivity index (χ1) is 12.6. The Balaban J connectivity index is 2.06. The van der Waals surface area contributed by atoms with E-state index in [9.17, 15) is 9.90 Å². The van der Waals surface area contributed by atoms with Crippen molar-refractivity contribution in [2.45, 2.75) is 20.4 Å². The van der Waals surface area contributed by atoms with Crippen LogP contribution in [-0.2, 0) is 6.54 Å². The fourth-order valence-corrected chi connectivity index (χ4v) is 3.15. The molecule has 1 N–H and O–H groups in total. The molecule has 4 aromatic rings. The summed E-state index contributed by atoms with van der Waals surface area (Å²) in [6.45, 7) is 4.51. The predicted molar refractivity (Wildman–Crippen MR) is 97.0 cm³/mol. The van der Waals surface area contributed by atoms with Crippen LogP contribution in [0.5, 0.6) is 0 Å². The summed E-state index contributed by atoms with van der Waals surface area (Å²) < 4.78 is 3.19. The van der Waals surface area contributed by atoms with Crippen LogP contribution in [0.15, 0.2) is 48.7 Å². The van der Waals surface area contributed by atoms with Crippen molar-refractivity contribution in [3.8, 4) is 22.5 Å². The van der Waals surface area contributed by atoms with Crippen LogP contribution in [0.3, 0.4) is 0 Å². The lowest BCUT2D eigenvalue weighted by Crippen LogP contribution is -2.09. The van der Waals surface area contributed by atoms with Gasteiger partial charge in [0.15, 0.2) is 11.3 Å². The minimum Gasteiger partial charge on any atom is -0.477 e. The van der Waals surface area contributed by atoms with Crippen molar-refractivity contribution in [2.75, 3.05) is 0 Å². The quantitative estimate of drug-likeness (QED) is 0.612. The van der Waals surface area contributed by atoms with Gasteiger partial charge in [-0.3, -0.25) is 4.68 Å². The number of hydrogen-bond donors (Lipinski definition) is 1. The number of benzene rings is 1. The second-order valence-electron chi connectivity index (χ2n) is 5.93. The third kappa shape index (κ3) is 2.45. The highest BCUT2D eigenvalue weighted by Crippen LogP contribution is 2.30. The maximum Gasteiger partial charge on any atom is 0.354 e. The number of carboxylic acids is 1. The Bertz CT molecular complexity index is 1110. The van der Waals surface area contributed by atoms with Gasteiger partial charge in [-0.15, -0.1) is 0 Å². The normalized spacial score (nSPS) is 11.2. The summed E-state index contributed by atoms with van der Waals surface area (Å²) in [5, 5.41) is 18.4. The third-order valence-electron chi connectivity index (χ3n) is 4.32. The first-order valence-electron chi connectivity index (χ1n) is 8.31. The Morgan fingerprint density at radius 3 is 2.65 bits per heavy atom. The molecule has 26 heavy (non-hydrogen) atoms. The number of fused-ring (bicyclic) bond motifs is 1. The van der Waals surface area contributed by atoms with E-state index >= 15 is 0 Å². The zero-order valence-electron chi connectivity index (χ0n) is 14.4. The second-order valence-corrected chi connectivity index (χ2v) is 5.93. The Morgan fingerprint density at radius 2 is 1.96 bits per heavy atom. The third-order valence-corrected chi connectivity index (χ3v) is 4.32. The summed E-state index contributed by atoms with van der Waals surface area (Å²) in [6.07, 6.45) is 1.69. The van der Waals surface area contributed by atoms with E-state index in [1.165, 1.54) is 4.52 Å². The molecule has 0 spiro atoms. The molecule has 0 fully saturated rings. The van der Waals surface area contributed by atoms with Gasteiger partial charge in [-0.2, -0.15) is 10.2 Å². The summed E-state index contributed by atoms with van der Waals surface area (Å²) in [4.78, 5) is 16.6. The number of aromatic nitrogens is 5. The minimum atomic E-state index is -1.05. The summed E-state index contributed by atoms with van der Waals surface area (Å²) in [5.74, 6) is -1.05. The van der Waals surface area contributed by atoms with E-state index in [0.717, 1.165) is 22.5 Å². The van der Waals surface area contributed by atoms with Gasteiger partial charge in [-0.1, -0.05) is 30.3 Å². The SMILES string of the molecule is CCn1nccc1-c1cc(C(=O)O)n2nc(C)c(-c3ccccc3)c2n1. The topological polar surface area (TPSA) is 85.3 Å². The zero-order chi connectivity index (χ0) is 18.3. The van der Waals surface area contributed by atoms with Crippen molar-refractivity contribution < 1.29 is 9.90 Å². The zero-order valence-corrected chi connectivity index (χ0v) is 14.4. The molecular formula is C19H17N5O2. The lowest BCUT2D eigenvalue weighted by atomic mass is 10.1. The van der Waals surface area contributed by atoms with Gasteiger partial charge in [-0.05, 0) is 31.5 Å². The van der Waals surface area contributed by atoms with Crippen molar-refractivity contribution in [1.82, 2.24) is 24.4 Å². The lowest BCUT2D eigenvalue weighted by molar-refractivity contribution is 0.0687. The van der Waals surface area contributed by atoms with E-state index in [1.54, 1.807) is 16.9 Å². The fraction of sp³-hybridized carbons (Fsp3) is 0.158. The molecule has 7 heteroatoms. The van der Waals surface area contributed by atoms with E-state index in [-0.39, 0.29) is 5.69 Å². The molecule has 0 aliphatic rings. The van der Waals surface area contributed by atoms with E-state index in [4.69, 9.17) is 4.98 Å². The maximum atomic E-state index is 11.8. The number of nitrogens with zero attached hydrogens (tertiary/aromatic N) is 5. The fourth-order valence-electron chi connectivity index (χ4n) is 3.15. The van der Waals surface area contributed by atoms with E-state index in [2.05, 4.69) is 10.2 Å². The summed E-state index contributed by atoms with van der Waals surface area (Å²) in [6, 6.07) is 13.1. The van der Waals surface area contributed by atoms with Crippen LogP contribution in [0.2, 0.25) is 0 Å². The molecule has 3 aromatic heterocycles. The van der Waals surface area contributed by atoms with Gasteiger partial charge in [0.2, 0.25) is 0 Å². The first-order valence-corrected chi connectivity index (χ1v) is 8.31. The van der Waals surface area contributed by atoms with E-state index in [0.29, 0.717) is 17.9 Å². The van der Waals surface area contributed by atoms with Crippen molar-refractivity contribution in [3.63, 3.8) is 0 Å². The Hall–Kier alpha value is -3.48. The van der Waals surface area contributed by atoms with Crippen molar-refractivity contribution in [1.29, 1.82) is 0 Å². The minimum absolute atomic E-state index is 0.0686. The highest BCUT2D eigenvalue weighted by atomic mass is 16.4. The van der Waals surface area contributed by atoms with Crippen LogP contribution >= 0.6 is 0 Å². The molecule has 0 atom stereocenters. The number of rotatable bonds is 4. The first kappa shape index (κ1) is 16.0. The predicted octanol–water partition coefficient (Wildman–Crippen LogP) is 3.29. The number of aromatic carboxylic acids is 1. The molecule has 0 saturated carbocycles. The second kappa shape index (κ2) is 6.11. The molecule has 0 unspecified atom stereocenters. The monoisotopic (exact) mass is 347 g/mol. The van der Waals surface area contributed by atoms with Crippen molar-refractivity contribution in [3.05, 3.63) is 60.0 Å². The molecule has 4 rings (SSSR count). The Kier molecular flexibility index (Phi) is 3.76. The standard InChI is InChI=1S/C19H17N5O2/c1-3-23-15(9-10-20-23)14-11-16(19(25)26)24-18(21-14)17(12(2)22-24)13-7-5-4-6-8-13/h4-11H,3H2,1-2H3,(H,25,26). The van der Waals surface area contributed by atoms with Gasteiger partial charge >= 0.3 is 5.97 Å². The number of aryl methyl sites for hydroxylation is 2. The molecule has 7 nitrogen and oxygen atoms in total. The Labute approximate surface area is 149 Å².